The van der Waals surface area contributed by atoms with Gasteiger partial charge in [-0.1, -0.05) is 11.6 Å². The second-order valence-electron chi connectivity index (χ2n) is 5.68. The molecule has 2 heterocycles. The van der Waals surface area contributed by atoms with Crippen LogP contribution in [0, 0.1) is 5.92 Å². The van der Waals surface area contributed by atoms with E-state index in [1.54, 1.807) is 13.1 Å². The second-order valence-corrected chi connectivity index (χ2v) is 6.91. The van der Waals surface area contributed by atoms with E-state index in [0.717, 1.165) is 18.2 Å². The number of fused-ring (bicyclic) bond motifs is 1. The minimum Gasteiger partial charge on any atom is -0.396 e. The molecule has 1 saturated carbocycles. The smallest absolute Gasteiger partial charge is 0.268 e. The number of aliphatic hydroxyl groups is 1. The molecule has 7 heteroatoms. The van der Waals surface area contributed by atoms with Gasteiger partial charge in [-0.05, 0) is 47.2 Å². The summed E-state index contributed by atoms with van der Waals surface area (Å²) in [6.07, 6.45) is 4.49. The highest BCUT2D eigenvalue weighted by atomic mass is 79.9. The average Bonchev–Trinajstić information content (AvgIpc) is 3.33. The Morgan fingerprint density at radius 1 is 1.59 bits per heavy atom. The van der Waals surface area contributed by atoms with E-state index < -0.39 is 0 Å². The average molecular weight is 387 g/mol. The molecule has 0 bridgehead atoms. The fourth-order valence-corrected chi connectivity index (χ4v) is 3.49. The van der Waals surface area contributed by atoms with Crippen molar-refractivity contribution < 1.29 is 5.11 Å². The lowest BCUT2D eigenvalue weighted by atomic mass is 10.1. The Bertz CT molecular complexity index is 773. The number of aryl methyl sites for hydroxylation is 1. The number of halogens is 2. The van der Waals surface area contributed by atoms with Gasteiger partial charge in [-0.25, -0.2) is 4.98 Å². The van der Waals surface area contributed by atoms with Gasteiger partial charge in [-0.15, -0.1) is 0 Å². The maximum Gasteiger partial charge on any atom is 0.268 e. The van der Waals surface area contributed by atoms with Crippen LogP contribution in [0.4, 0.5) is 5.69 Å². The number of aliphatic hydroxyl groups excluding tert-OH is 1. The number of hydrogen-bond acceptors (Lipinski definition) is 4. The third kappa shape index (κ3) is 2.87. The van der Waals surface area contributed by atoms with Crippen LogP contribution in [0.5, 0.6) is 0 Å². The fraction of sp³-hybridized carbons (Fsp3) is 0.467. The molecule has 0 radical (unpaired) electrons. The summed E-state index contributed by atoms with van der Waals surface area (Å²) in [6, 6.07) is 1.95. The molecule has 0 aliphatic heterocycles. The Morgan fingerprint density at radius 2 is 2.32 bits per heavy atom. The Balaban J connectivity index is 2.14. The minimum absolute atomic E-state index is 0.119. The highest BCUT2D eigenvalue weighted by Gasteiger charge is 2.31. The van der Waals surface area contributed by atoms with E-state index in [4.69, 9.17) is 11.6 Å². The lowest BCUT2D eigenvalue weighted by molar-refractivity contribution is 0.274. The fourth-order valence-electron chi connectivity index (χ4n) is 2.74. The van der Waals surface area contributed by atoms with Crippen LogP contribution in [0.15, 0.2) is 21.5 Å². The maximum atomic E-state index is 12.4. The molecule has 1 fully saturated rings. The lowest BCUT2D eigenvalue weighted by Gasteiger charge is -2.21. The van der Waals surface area contributed by atoms with Crippen molar-refractivity contribution in [2.45, 2.75) is 25.3 Å². The molecule has 1 aliphatic rings. The van der Waals surface area contributed by atoms with Crippen molar-refractivity contribution in [3.8, 4) is 0 Å². The van der Waals surface area contributed by atoms with Crippen molar-refractivity contribution in [1.29, 1.82) is 0 Å². The van der Waals surface area contributed by atoms with Gasteiger partial charge in [0.25, 0.3) is 5.56 Å². The molecule has 0 spiro atoms. The van der Waals surface area contributed by atoms with Crippen molar-refractivity contribution in [2.75, 3.05) is 11.9 Å². The van der Waals surface area contributed by atoms with Gasteiger partial charge in [0.1, 0.15) is 10.1 Å². The molecule has 0 amide bonds. The van der Waals surface area contributed by atoms with Crippen molar-refractivity contribution >= 4 is 44.3 Å². The predicted octanol–water partition coefficient (Wildman–Crippen LogP) is 2.92. The van der Waals surface area contributed by atoms with Crippen molar-refractivity contribution in [3.63, 3.8) is 0 Å². The van der Waals surface area contributed by atoms with Crippen LogP contribution in [0.2, 0.25) is 5.02 Å². The van der Waals surface area contributed by atoms with E-state index in [1.807, 2.05) is 0 Å². The van der Waals surface area contributed by atoms with Crippen LogP contribution in [0.25, 0.3) is 11.0 Å². The highest BCUT2D eigenvalue weighted by Crippen LogP contribution is 2.38. The molecule has 0 aromatic carbocycles. The summed E-state index contributed by atoms with van der Waals surface area (Å²) in [7, 11) is 1.69. The molecule has 22 heavy (non-hydrogen) atoms. The third-order valence-electron chi connectivity index (χ3n) is 4.09. The summed E-state index contributed by atoms with van der Waals surface area (Å²) in [5.74, 6) is 0.547. The van der Waals surface area contributed by atoms with Gasteiger partial charge in [-0.3, -0.25) is 9.36 Å². The van der Waals surface area contributed by atoms with Crippen LogP contribution in [0.3, 0.4) is 0 Å². The van der Waals surface area contributed by atoms with Crippen molar-refractivity contribution in [2.24, 2.45) is 13.0 Å². The zero-order valence-electron chi connectivity index (χ0n) is 12.1. The zero-order valence-corrected chi connectivity index (χ0v) is 14.5. The summed E-state index contributed by atoms with van der Waals surface area (Å²) >= 11 is 9.47. The number of anilines is 1. The Kier molecular flexibility index (Phi) is 4.43. The standard InChI is InChI=1S/C15H17BrClN3O2/c1-20-14-10(6-9(17)7-18-14)13(12(16)15(20)22)19-11(4-5-21)8-2-3-8/h6-8,11,19,21H,2-5H2,1H3/t11-/m1/s1. The van der Waals surface area contributed by atoms with E-state index in [1.165, 1.54) is 10.8 Å². The number of hydrogen-bond donors (Lipinski definition) is 2. The first-order chi connectivity index (χ1) is 10.5. The largest absolute Gasteiger partial charge is 0.396 e. The van der Waals surface area contributed by atoms with Gasteiger partial charge < -0.3 is 10.4 Å². The highest BCUT2D eigenvalue weighted by molar-refractivity contribution is 9.10. The van der Waals surface area contributed by atoms with Crippen LogP contribution < -0.4 is 10.9 Å². The van der Waals surface area contributed by atoms with E-state index in [-0.39, 0.29) is 18.2 Å². The summed E-state index contributed by atoms with van der Waals surface area (Å²) < 4.78 is 1.97. The topological polar surface area (TPSA) is 67.2 Å². The molecule has 3 rings (SSSR count). The molecule has 118 valence electrons. The van der Waals surface area contributed by atoms with Crippen molar-refractivity contribution in [3.05, 3.63) is 32.1 Å². The van der Waals surface area contributed by atoms with Gasteiger partial charge in [0, 0.05) is 31.3 Å². The number of aromatic nitrogens is 2. The van der Waals surface area contributed by atoms with Crippen LogP contribution >= 0.6 is 27.5 Å². The predicted molar refractivity (Wildman–Crippen MR) is 91.5 cm³/mol. The van der Waals surface area contributed by atoms with Gasteiger partial charge in [0.05, 0.1) is 10.7 Å². The summed E-state index contributed by atoms with van der Waals surface area (Å²) in [5, 5.41) is 14.0. The molecular formula is C15H17BrClN3O2. The van der Waals surface area contributed by atoms with Gasteiger partial charge in [-0.2, -0.15) is 0 Å². The normalized spacial score (nSPS) is 16.0. The van der Waals surface area contributed by atoms with E-state index in [0.29, 0.717) is 33.2 Å². The van der Waals surface area contributed by atoms with Crippen LogP contribution in [-0.2, 0) is 7.05 Å². The Labute approximate surface area is 141 Å². The maximum absolute atomic E-state index is 12.4. The summed E-state index contributed by atoms with van der Waals surface area (Å²) in [4.78, 5) is 16.6. The number of rotatable bonds is 5. The van der Waals surface area contributed by atoms with E-state index in [2.05, 4.69) is 26.2 Å². The number of pyridine rings is 2. The number of nitrogens with zero attached hydrogens (tertiary/aromatic N) is 2. The molecule has 5 nitrogen and oxygen atoms in total. The first kappa shape index (κ1) is 15.8. The van der Waals surface area contributed by atoms with Crippen LogP contribution in [0.1, 0.15) is 19.3 Å². The van der Waals surface area contributed by atoms with Gasteiger partial charge >= 0.3 is 0 Å². The monoisotopic (exact) mass is 385 g/mol. The Hall–Kier alpha value is -1.11. The number of nitrogens with one attached hydrogen (secondary N) is 1. The van der Waals surface area contributed by atoms with E-state index in [9.17, 15) is 9.90 Å². The molecule has 1 aliphatic carbocycles. The van der Waals surface area contributed by atoms with Gasteiger partial charge in [0.2, 0.25) is 0 Å². The molecular weight excluding hydrogens is 370 g/mol. The molecule has 0 saturated heterocycles. The molecule has 2 aromatic rings. The molecule has 1 atom stereocenters. The Morgan fingerprint density at radius 3 is 2.95 bits per heavy atom. The third-order valence-corrected chi connectivity index (χ3v) is 5.04. The van der Waals surface area contributed by atoms with Crippen molar-refractivity contribution in [1.82, 2.24) is 9.55 Å². The SMILES string of the molecule is Cn1c(=O)c(Br)c(N[C@H](CCO)C2CC2)c2cc(Cl)cnc21. The summed E-state index contributed by atoms with van der Waals surface area (Å²) in [5.41, 5.74) is 1.14. The quantitative estimate of drug-likeness (QED) is 0.829. The molecule has 2 aromatic heterocycles. The summed E-state index contributed by atoms with van der Waals surface area (Å²) in [6.45, 7) is 0.119. The first-order valence-electron chi connectivity index (χ1n) is 7.24. The van der Waals surface area contributed by atoms with Gasteiger partial charge in [0.15, 0.2) is 0 Å². The molecule has 2 N–H and O–H groups in total. The second kappa shape index (κ2) is 6.18. The van der Waals surface area contributed by atoms with Crippen LogP contribution in [-0.4, -0.2) is 27.3 Å². The lowest BCUT2D eigenvalue weighted by Crippen LogP contribution is -2.27. The minimum atomic E-state index is -0.150. The zero-order chi connectivity index (χ0) is 15.9. The molecule has 0 unspecified atom stereocenters. The van der Waals surface area contributed by atoms with E-state index >= 15 is 0 Å². The first-order valence-corrected chi connectivity index (χ1v) is 8.41.